The zero-order chi connectivity index (χ0) is 13.0. The summed E-state index contributed by atoms with van der Waals surface area (Å²) >= 11 is 0. The highest BCUT2D eigenvalue weighted by Gasteiger charge is 2.18. The van der Waals surface area contributed by atoms with Gasteiger partial charge < -0.3 is 5.32 Å². The van der Waals surface area contributed by atoms with Gasteiger partial charge in [0.1, 0.15) is 5.82 Å². The Labute approximate surface area is 121 Å². The predicted octanol–water partition coefficient (Wildman–Crippen LogP) is 2.99. The second-order valence-corrected chi connectivity index (χ2v) is 5.35. The van der Waals surface area contributed by atoms with Crippen molar-refractivity contribution in [1.82, 2.24) is 10.2 Å². The van der Waals surface area contributed by atoms with Gasteiger partial charge >= 0.3 is 0 Å². The number of nitrogens with zero attached hydrogens (tertiary/aromatic N) is 1. The van der Waals surface area contributed by atoms with Crippen molar-refractivity contribution < 1.29 is 4.39 Å². The van der Waals surface area contributed by atoms with Gasteiger partial charge in [-0.15, -0.1) is 12.4 Å². The van der Waals surface area contributed by atoms with Gasteiger partial charge in [-0.1, -0.05) is 6.07 Å². The van der Waals surface area contributed by atoms with Crippen LogP contribution in [0.4, 0.5) is 4.39 Å². The van der Waals surface area contributed by atoms with Gasteiger partial charge in [0.2, 0.25) is 0 Å². The van der Waals surface area contributed by atoms with Crippen LogP contribution in [-0.2, 0) is 6.54 Å². The smallest absolute Gasteiger partial charge is 0.123 e. The topological polar surface area (TPSA) is 15.3 Å². The van der Waals surface area contributed by atoms with Gasteiger partial charge in [0.25, 0.3) is 0 Å². The van der Waals surface area contributed by atoms with Crippen molar-refractivity contribution in [2.45, 2.75) is 26.3 Å². The second kappa shape index (κ2) is 7.83. The average Bonchev–Trinajstić information content (AvgIpc) is 2.35. The number of nitrogens with one attached hydrogen (secondary N) is 1. The molecule has 1 fully saturated rings. The standard InChI is InChI=1S/C15H23FN2.ClH/c1-12-9-15(16)4-3-14(12)11-18-7-5-13(6-8-18)10-17-2;/h3-4,9,13,17H,5-8,10-11H2,1-2H3;1H. The van der Waals surface area contributed by atoms with Crippen molar-refractivity contribution in [3.63, 3.8) is 0 Å². The van der Waals surface area contributed by atoms with E-state index in [2.05, 4.69) is 10.2 Å². The Bertz CT molecular complexity index is 390. The van der Waals surface area contributed by atoms with Crippen molar-refractivity contribution in [2.75, 3.05) is 26.7 Å². The molecule has 1 saturated heterocycles. The minimum Gasteiger partial charge on any atom is -0.319 e. The fourth-order valence-electron chi connectivity index (χ4n) is 2.71. The third-order valence-electron chi connectivity index (χ3n) is 3.90. The molecule has 1 aliphatic heterocycles. The highest BCUT2D eigenvalue weighted by atomic mass is 35.5. The number of halogens is 2. The molecular weight excluding hydrogens is 263 g/mol. The molecule has 2 rings (SSSR count). The van der Waals surface area contributed by atoms with Crippen LogP contribution in [-0.4, -0.2) is 31.6 Å². The minimum absolute atomic E-state index is 0. The van der Waals surface area contributed by atoms with E-state index in [1.807, 2.05) is 20.0 Å². The molecule has 0 spiro atoms. The molecule has 0 unspecified atom stereocenters. The summed E-state index contributed by atoms with van der Waals surface area (Å²) in [7, 11) is 2.02. The van der Waals surface area contributed by atoms with Crippen LogP contribution in [0.2, 0.25) is 0 Å². The highest BCUT2D eigenvalue weighted by Crippen LogP contribution is 2.20. The van der Waals surface area contributed by atoms with E-state index in [0.717, 1.165) is 37.7 Å². The third-order valence-corrected chi connectivity index (χ3v) is 3.90. The molecule has 4 heteroatoms. The van der Waals surface area contributed by atoms with Crippen molar-refractivity contribution in [3.05, 3.63) is 35.1 Å². The molecule has 0 aliphatic carbocycles. The lowest BCUT2D eigenvalue weighted by molar-refractivity contribution is 0.176. The molecule has 0 bridgehead atoms. The molecule has 0 aromatic heterocycles. The quantitative estimate of drug-likeness (QED) is 0.915. The first-order chi connectivity index (χ1) is 8.69. The zero-order valence-corrected chi connectivity index (χ0v) is 12.6. The van der Waals surface area contributed by atoms with E-state index >= 15 is 0 Å². The van der Waals surface area contributed by atoms with Crippen LogP contribution in [0.5, 0.6) is 0 Å². The summed E-state index contributed by atoms with van der Waals surface area (Å²) in [5, 5.41) is 3.26. The molecule has 0 atom stereocenters. The van der Waals surface area contributed by atoms with Gasteiger partial charge in [-0.25, -0.2) is 4.39 Å². The van der Waals surface area contributed by atoms with Gasteiger partial charge in [-0.05, 0) is 75.6 Å². The summed E-state index contributed by atoms with van der Waals surface area (Å²) in [6.07, 6.45) is 2.53. The average molecular weight is 287 g/mol. The van der Waals surface area contributed by atoms with Crippen molar-refractivity contribution >= 4 is 12.4 Å². The number of hydrogen-bond acceptors (Lipinski definition) is 2. The maximum atomic E-state index is 13.0. The minimum atomic E-state index is -0.135. The number of aryl methyl sites for hydroxylation is 1. The monoisotopic (exact) mass is 286 g/mol. The maximum absolute atomic E-state index is 13.0. The van der Waals surface area contributed by atoms with Crippen molar-refractivity contribution in [2.24, 2.45) is 5.92 Å². The molecule has 1 heterocycles. The van der Waals surface area contributed by atoms with Crippen LogP contribution in [0.25, 0.3) is 0 Å². The highest BCUT2D eigenvalue weighted by molar-refractivity contribution is 5.85. The molecule has 1 aromatic carbocycles. The molecule has 1 N–H and O–H groups in total. The van der Waals surface area contributed by atoms with Crippen LogP contribution >= 0.6 is 12.4 Å². The molecule has 2 nitrogen and oxygen atoms in total. The zero-order valence-electron chi connectivity index (χ0n) is 11.8. The Morgan fingerprint density at radius 2 is 2.00 bits per heavy atom. The van der Waals surface area contributed by atoms with E-state index in [-0.39, 0.29) is 18.2 Å². The maximum Gasteiger partial charge on any atom is 0.123 e. The normalized spacial score (nSPS) is 17.2. The SMILES string of the molecule is CNCC1CCN(Cc2ccc(F)cc2C)CC1.Cl. The molecular formula is C15H24ClFN2. The van der Waals surface area contributed by atoms with Crippen molar-refractivity contribution in [1.29, 1.82) is 0 Å². The summed E-state index contributed by atoms with van der Waals surface area (Å²) in [6.45, 7) is 6.39. The van der Waals surface area contributed by atoms with Crippen LogP contribution < -0.4 is 5.32 Å². The Morgan fingerprint density at radius 1 is 1.32 bits per heavy atom. The predicted molar refractivity (Wildman–Crippen MR) is 80.3 cm³/mol. The second-order valence-electron chi connectivity index (χ2n) is 5.35. The Hall–Kier alpha value is -0.640. The first kappa shape index (κ1) is 16.4. The van der Waals surface area contributed by atoms with Crippen molar-refractivity contribution in [3.8, 4) is 0 Å². The molecule has 0 radical (unpaired) electrons. The molecule has 1 aromatic rings. The number of benzene rings is 1. The lowest BCUT2D eigenvalue weighted by atomic mass is 9.96. The van der Waals surface area contributed by atoms with Crippen LogP contribution in [0, 0.1) is 18.7 Å². The van der Waals surface area contributed by atoms with Gasteiger partial charge in [0, 0.05) is 6.54 Å². The first-order valence-corrected chi connectivity index (χ1v) is 6.81. The van der Waals surface area contributed by atoms with Gasteiger partial charge in [0.05, 0.1) is 0 Å². The molecule has 0 amide bonds. The largest absolute Gasteiger partial charge is 0.319 e. The molecule has 19 heavy (non-hydrogen) atoms. The Balaban J connectivity index is 0.00000180. The third kappa shape index (κ3) is 4.75. The lowest BCUT2D eigenvalue weighted by Crippen LogP contribution is -2.36. The van der Waals surface area contributed by atoms with Gasteiger partial charge in [0.15, 0.2) is 0 Å². The van der Waals surface area contributed by atoms with Crippen LogP contribution in [0.15, 0.2) is 18.2 Å². The van der Waals surface area contributed by atoms with Gasteiger partial charge in [-0.3, -0.25) is 4.90 Å². The first-order valence-electron chi connectivity index (χ1n) is 6.81. The van der Waals surface area contributed by atoms with E-state index in [1.165, 1.54) is 18.4 Å². The van der Waals surface area contributed by atoms with Crippen LogP contribution in [0.1, 0.15) is 24.0 Å². The Kier molecular flexibility index (Phi) is 6.76. The summed E-state index contributed by atoms with van der Waals surface area (Å²) < 4.78 is 13.0. The molecule has 1 aliphatic rings. The van der Waals surface area contributed by atoms with Crippen LogP contribution in [0.3, 0.4) is 0 Å². The van der Waals surface area contributed by atoms with E-state index < -0.39 is 0 Å². The molecule has 108 valence electrons. The summed E-state index contributed by atoms with van der Waals surface area (Å²) in [5.41, 5.74) is 2.32. The number of hydrogen-bond donors (Lipinski definition) is 1. The Morgan fingerprint density at radius 3 is 2.58 bits per heavy atom. The number of rotatable bonds is 4. The summed E-state index contributed by atoms with van der Waals surface area (Å²) in [6, 6.07) is 5.11. The number of piperidine rings is 1. The number of likely N-dealkylation sites (tertiary alicyclic amines) is 1. The van der Waals surface area contributed by atoms with E-state index in [0.29, 0.717) is 0 Å². The van der Waals surface area contributed by atoms with E-state index in [1.54, 1.807) is 12.1 Å². The van der Waals surface area contributed by atoms with E-state index in [4.69, 9.17) is 0 Å². The van der Waals surface area contributed by atoms with E-state index in [9.17, 15) is 4.39 Å². The van der Waals surface area contributed by atoms with Gasteiger partial charge in [-0.2, -0.15) is 0 Å². The fraction of sp³-hybridized carbons (Fsp3) is 0.600. The fourth-order valence-corrected chi connectivity index (χ4v) is 2.71. The molecule has 0 saturated carbocycles. The lowest BCUT2D eigenvalue weighted by Gasteiger charge is -2.32. The summed E-state index contributed by atoms with van der Waals surface area (Å²) in [5.74, 6) is 0.685. The summed E-state index contributed by atoms with van der Waals surface area (Å²) in [4.78, 5) is 2.48.